The fraction of sp³-hybridized carbons (Fsp3) is 0.800. The molecule has 8 heteroatoms. The number of urea groups is 1. The molecule has 4 aliphatic rings. The van der Waals surface area contributed by atoms with E-state index in [9.17, 15) is 24.9 Å². The fourth-order valence-corrected chi connectivity index (χ4v) is 7.60. The number of amides is 2. The first kappa shape index (κ1) is 30.6. The van der Waals surface area contributed by atoms with Crippen LogP contribution in [0.25, 0.3) is 0 Å². The minimum Gasteiger partial charge on any atom is -0.481 e. The molecule has 3 saturated carbocycles. The lowest BCUT2D eigenvalue weighted by atomic mass is 9.60. The molecule has 6 N–H and O–H groups in total. The van der Waals surface area contributed by atoms with Crippen LogP contribution >= 0.6 is 0 Å². The van der Waals surface area contributed by atoms with Crippen molar-refractivity contribution >= 4 is 12.0 Å². The highest BCUT2D eigenvalue weighted by atomic mass is 16.4. The number of carboxylic acids is 1. The van der Waals surface area contributed by atoms with E-state index in [2.05, 4.69) is 19.1 Å². The molecule has 2 amide bonds. The Hall–Kier alpha value is -1.90. The molecule has 8 atom stereocenters. The monoisotopic (exact) mass is 534 g/mol. The van der Waals surface area contributed by atoms with Crippen LogP contribution in [0.15, 0.2) is 23.3 Å². The van der Waals surface area contributed by atoms with Crippen molar-refractivity contribution in [3.05, 3.63) is 23.3 Å². The molecule has 1 unspecified atom stereocenters. The molecule has 4 fully saturated rings. The summed E-state index contributed by atoms with van der Waals surface area (Å²) in [5, 5.41) is 39.7. The highest BCUT2D eigenvalue weighted by Gasteiger charge is 2.51. The van der Waals surface area contributed by atoms with Crippen LogP contribution in [0.5, 0.6) is 0 Å². The lowest BCUT2D eigenvalue weighted by Crippen LogP contribution is -2.39. The van der Waals surface area contributed by atoms with E-state index in [1.54, 1.807) is 4.90 Å². The Bertz CT molecular complexity index is 882. The number of nitrogens with two attached hydrogens (primary N) is 1. The Labute approximate surface area is 228 Å². The van der Waals surface area contributed by atoms with Crippen LogP contribution in [0.4, 0.5) is 4.79 Å². The third-order valence-corrected chi connectivity index (χ3v) is 9.99. The van der Waals surface area contributed by atoms with Gasteiger partial charge >= 0.3 is 12.0 Å². The maximum Gasteiger partial charge on any atom is 0.314 e. The van der Waals surface area contributed by atoms with Crippen LogP contribution in [-0.2, 0) is 4.79 Å². The lowest BCUT2D eigenvalue weighted by molar-refractivity contribution is -0.140. The van der Waals surface area contributed by atoms with Crippen molar-refractivity contribution in [2.75, 3.05) is 13.1 Å². The standard InChI is InChI=1S/C24H38O5.C6H12N2O/c1-14-17(11-18(25)12-21(14)26)7-6-16-5-4-10-24(3)19(8-9-20(16)24)15(2)22(27)13-23(28)29;7-6(9)8-4-2-1-3-5-8/h6-7,14-15,18-22,25-27H,4-5,8-13H2,1-3H3,(H,28,29);1-5H2,(H2,7,9)/b16-6?,17-7-;/t14-,15+,18+,19-,20+,21-,22?,24-;/m1./s1. The molecule has 8 nitrogen and oxygen atoms in total. The Morgan fingerprint density at radius 2 is 1.76 bits per heavy atom. The zero-order chi connectivity index (χ0) is 28.0. The number of aliphatic carboxylic acids is 1. The summed E-state index contributed by atoms with van der Waals surface area (Å²) in [6.45, 7) is 8.09. The van der Waals surface area contributed by atoms with Gasteiger partial charge in [-0.05, 0) is 81.0 Å². The maximum atomic E-state index is 11.0. The molecule has 0 bridgehead atoms. The number of piperidine rings is 1. The number of aliphatic hydroxyl groups excluding tert-OH is 3. The molecule has 38 heavy (non-hydrogen) atoms. The molecular weight excluding hydrogens is 484 g/mol. The van der Waals surface area contributed by atoms with Crippen LogP contribution < -0.4 is 5.73 Å². The molecule has 0 radical (unpaired) electrons. The van der Waals surface area contributed by atoms with E-state index in [0.717, 1.165) is 63.6 Å². The summed E-state index contributed by atoms with van der Waals surface area (Å²) < 4.78 is 0. The predicted octanol–water partition coefficient (Wildman–Crippen LogP) is 4.23. The number of carboxylic acid groups (broad SMARTS) is 1. The highest BCUT2D eigenvalue weighted by molar-refractivity contribution is 5.72. The van der Waals surface area contributed by atoms with Gasteiger partial charge in [0.1, 0.15) is 0 Å². The van der Waals surface area contributed by atoms with E-state index in [4.69, 9.17) is 10.8 Å². The molecule has 1 heterocycles. The Kier molecular flexibility index (Phi) is 10.8. The van der Waals surface area contributed by atoms with Gasteiger partial charge in [-0.3, -0.25) is 4.79 Å². The van der Waals surface area contributed by atoms with Gasteiger partial charge in [0.15, 0.2) is 0 Å². The number of likely N-dealkylation sites (tertiary alicyclic amines) is 1. The zero-order valence-electron chi connectivity index (χ0n) is 23.5. The minimum absolute atomic E-state index is 0.0255. The van der Waals surface area contributed by atoms with Crippen LogP contribution in [0.2, 0.25) is 0 Å². The smallest absolute Gasteiger partial charge is 0.314 e. The summed E-state index contributed by atoms with van der Waals surface area (Å²) in [6.07, 6.45) is 12.4. The molecular formula is C30H50N2O6. The van der Waals surface area contributed by atoms with E-state index < -0.39 is 24.3 Å². The quantitative estimate of drug-likeness (QED) is 0.357. The van der Waals surface area contributed by atoms with Gasteiger partial charge in [0.2, 0.25) is 0 Å². The SMILES string of the molecule is C[C@@H]1/C(=C\C=C2CCC[C@]3(C)[C@@H]([C@H](C)C(O)CC(=O)O)CC[C@@H]23)C[C@H](O)C[C@H]1O.NC(=O)N1CCCCC1. The molecule has 0 aromatic rings. The van der Waals surface area contributed by atoms with Gasteiger partial charge in [-0.15, -0.1) is 0 Å². The molecule has 1 saturated heterocycles. The van der Waals surface area contributed by atoms with Gasteiger partial charge in [0.25, 0.3) is 0 Å². The number of carbonyl (C=O) groups excluding carboxylic acids is 1. The fourth-order valence-electron chi connectivity index (χ4n) is 7.60. The van der Waals surface area contributed by atoms with Crippen LogP contribution in [0, 0.1) is 29.1 Å². The molecule has 216 valence electrons. The third kappa shape index (κ3) is 7.39. The normalized spacial score (nSPS) is 37.2. The molecule has 1 aliphatic heterocycles. The molecule has 3 aliphatic carbocycles. The van der Waals surface area contributed by atoms with Crippen molar-refractivity contribution in [1.29, 1.82) is 0 Å². The molecule has 4 rings (SSSR count). The van der Waals surface area contributed by atoms with Crippen LogP contribution in [0.3, 0.4) is 0 Å². The number of rotatable bonds is 5. The van der Waals surface area contributed by atoms with Gasteiger partial charge in [-0.1, -0.05) is 44.1 Å². The average Bonchev–Trinajstić information content (AvgIpc) is 3.22. The maximum absolute atomic E-state index is 11.0. The van der Waals surface area contributed by atoms with Gasteiger partial charge in [-0.25, -0.2) is 4.79 Å². The molecule has 0 spiro atoms. The molecule has 0 aromatic carbocycles. The van der Waals surface area contributed by atoms with E-state index in [-0.39, 0.29) is 29.7 Å². The second kappa shape index (κ2) is 13.4. The second-order valence-electron chi connectivity index (χ2n) is 12.4. The summed E-state index contributed by atoms with van der Waals surface area (Å²) in [4.78, 5) is 23.2. The summed E-state index contributed by atoms with van der Waals surface area (Å²) in [7, 11) is 0. The van der Waals surface area contributed by atoms with Crippen molar-refractivity contribution < 1.29 is 30.0 Å². The second-order valence-corrected chi connectivity index (χ2v) is 12.4. The first-order valence-electron chi connectivity index (χ1n) is 14.6. The van der Waals surface area contributed by atoms with E-state index in [1.165, 1.54) is 12.0 Å². The number of allylic oxidation sites excluding steroid dienone is 3. The first-order valence-corrected chi connectivity index (χ1v) is 14.6. The minimum atomic E-state index is -0.939. The first-order chi connectivity index (χ1) is 17.9. The number of hydrogen-bond donors (Lipinski definition) is 5. The van der Waals surface area contributed by atoms with Gasteiger partial charge in [0, 0.05) is 25.4 Å². The van der Waals surface area contributed by atoms with Crippen molar-refractivity contribution in [2.45, 2.75) is 110 Å². The van der Waals surface area contributed by atoms with Crippen LogP contribution in [0.1, 0.15) is 91.4 Å². The number of nitrogens with zero attached hydrogens (tertiary/aromatic N) is 1. The van der Waals surface area contributed by atoms with E-state index in [0.29, 0.717) is 24.7 Å². The summed E-state index contributed by atoms with van der Waals surface area (Å²) in [5.74, 6) is -0.0946. The average molecular weight is 535 g/mol. The Morgan fingerprint density at radius 3 is 2.37 bits per heavy atom. The van der Waals surface area contributed by atoms with Gasteiger partial charge in [0.05, 0.1) is 24.7 Å². The van der Waals surface area contributed by atoms with Crippen molar-refractivity contribution in [3.8, 4) is 0 Å². The number of primary amides is 1. The lowest BCUT2D eigenvalue weighted by Gasteiger charge is -2.45. The number of hydrogen-bond acceptors (Lipinski definition) is 5. The Morgan fingerprint density at radius 1 is 1.11 bits per heavy atom. The highest BCUT2D eigenvalue weighted by Crippen LogP contribution is 2.59. The summed E-state index contributed by atoms with van der Waals surface area (Å²) in [6, 6.07) is -0.269. The van der Waals surface area contributed by atoms with Crippen molar-refractivity contribution in [3.63, 3.8) is 0 Å². The summed E-state index contributed by atoms with van der Waals surface area (Å²) in [5.41, 5.74) is 7.71. The largest absolute Gasteiger partial charge is 0.481 e. The van der Waals surface area contributed by atoms with Crippen molar-refractivity contribution in [2.24, 2.45) is 34.8 Å². The Balaban J connectivity index is 0.000000375. The van der Waals surface area contributed by atoms with Gasteiger partial charge in [-0.2, -0.15) is 0 Å². The van der Waals surface area contributed by atoms with E-state index in [1.807, 2.05) is 13.8 Å². The number of aliphatic hydroxyl groups is 3. The zero-order valence-corrected chi connectivity index (χ0v) is 23.5. The molecule has 0 aromatic heterocycles. The van der Waals surface area contributed by atoms with Crippen molar-refractivity contribution in [1.82, 2.24) is 4.90 Å². The number of fused-ring (bicyclic) bond motifs is 1. The topological polar surface area (TPSA) is 144 Å². The predicted molar refractivity (Wildman–Crippen MR) is 147 cm³/mol. The van der Waals surface area contributed by atoms with Crippen LogP contribution in [-0.4, -0.2) is 68.7 Å². The summed E-state index contributed by atoms with van der Waals surface area (Å²) >= 11 is 0. The van der Waals surface area contributed by atoms with E-state index >= 15 is 0 Å². The number of carbonyl (C=O) groups is 2. The van der Waals surface area contributed by atoms with Gasteiger partial charge < -0.3 is 31.1 Å². The third-order valence-electron chi connectivity index (χ3n) is 9.99.